The lowest BCUT2D eigenvalue weighted by molar-refractivity contribution is -0.122. The van der Waals surface area contributed by atoms with Crippen LogP contribution in [0.2, 0.25) is 5.02 Å². The van der Waals surface area contributed by atoms with Crippen molar-refractivity contribution in [2.75, 3.05) is 6.54 Å². The average Bonchev–Trinajstić information content (AvgIpc) is 3.01. The Hall–Kier alpha value is -1.92. The molecule has 2 aromatic rings. The van der Waals surface area contributed by atoms with Gasteiger partial charge in [0.05, 0.1) is 11.2 Å². The van der Waals surface area contributed by atoms with Crippen molar-refractivity contribution >= 4 is 34.8 Å². The third-order valence-electron chi connectivity index (χ3n) is 3.01. The first kappa shape index (κ1) is 16.5. The van der Waals surface area contributed by atoms with Gasteiger partial charge in [-0.2, -0.15) is 0 Å². The van der Waals surface area contributed by atoms with Crippen molar-refractivity contribution in [1.29, 1.82) is 0 Å². The number of nitrogens with one attached hydrogen (secondary N) is 2. The molecule has 116 valence electrons. The molecule has 0 bridgehead atoms. The van der Waals surface area contributed by atoms with Crippen molar-refractivity contribution in [3.8, 4) is 0 Å². The highest BCUT2D eigenvalue weighted by molar-refractivity contribution is 7.07. The van der Waals surface area contributed by atoms with E-state index in [1.807, 2.05) is 5.38 Å². The molecule has 0 aliphatic carbocycles. The number of nitrogens with zero attached hydrogens (tertiary/aromatic N) is 1. The number of hydrogen-bond donors (Lipinski definition) is 2. The van der Waals surface area contributed by atoms with Crippen molar-refractivity contribution in [2.45, 2.75) is 19.4 Å². The summed E-state index contributed by atoms with van der Waals surface area (Å²) in [6, 6.07) is 5.89. The minimum atomic E-state index is -0.612. The molecule has 5 nitrogen and oxygen atoms in total. The van der Waals surface area contributed by atoms with Gasteiger partial charge in [0.15, 0.2) is 0 Å². The van der Waals surface area contributed by atoms with Crippen LogP contribution in [-0.4, -0.2) is 29.4 Å². The van der Waals surface area contributed by atoms with Crippen LogP contribution >= 0.6 is 22.9 Å². The summed E-state index contributed by atoms with van der Waals surface area (Å²) in [5, 5.41) is 7.93. The number of hydrogen-bond acceptors (Lipinski definition) is 4. The lowest BCUT2D eigenvalue weighted by Gasteiger charge is -2.14. The molecule has 2 N–H and O–H groups in total. The summed E-state index contributed by atoms with van der Waals surface area (Å²) in [6.45, 7) is 2.13. The first-order valence-corrected chi connectivity index (χ1v) is 8.09. The summed E-state index contributed by atoms with van der Waals surface area (Å²) >= 11 is 7.29. The predicted molar refractivity (Wildman–Crippen MR) is 87.2 cm³/mol. The number of amides is 2. The molecule has 7 heteroatoms. The van der Waals surface area contributed by atoms with E-state index in [0.717, 1.165) is 5.69 Å². The zero-order valence-electron chi connectivity index (χ0n) is 12.0. The monoisotopic (exact) mass is 337 g/mol. The SMILES string of the molecule is CC(NC(=O)c1ccc(Cl)cc1)C(=O)NCCc1cscn1. The molecule has 0 spiro atoms. The highest BCUT2D eigenvalue weighted by Crippen LogP contribution is 2.09. The fraction of sp³-hybridized carbons (Fsp3) is 0.267. The van der Waals surface area contributed by atoms with Crippen LogP contribution in [0, 0.1) is 0 Å². The van der Waals surface area contributed by atoms with E-state index in [0.29, 0.717) is 23.6 Å². The van der Waals surface area contributed by atoms with Crippen LogP contribution in [0.3, 0.4) is 0 Å². The first-order valence-electron chi connectivity index (χ1n) is 6.77. The number of carbonyl (C=O) groups excluding carboxylic acids is 2. The normalized spacial score (nSPS) is 11.7. The molecule has 0 saturated carbocycles. The average molecular weight is 338 g/mol. The van der Waals surface area contributed by atoms with E-state index in [1.54, 1.807) is 36.7 Å². The Bertz CT molecular complexity index is 629. The second-order valence-electron chi connectivity index (χ2n) is 4.72. The molecule has 1 aromatic carbocycles. The molecule has 0 fully saturated rings. The van der Waals surface area contributed by atoms with Crippen LogP contribution in [-0.2, 0) is 11.2 Å². The molecule has 22 heavy (non-hydrogen) atoms. The summed E-state index contributed by atoms with van der Waals surface area (Å²) in [7, 11) is 0. The van der Waals surface area contributed by atoms with Gasteiger partial charge in [0.25, 0.3) is 5.91 Å². The van der Waals surface area contributed by atoms with E-state index in [9.17, 15) is 9.59 Å². The van der Waals surface area contributed by atoms with E-state index in [-0.39, 0.29) is 11.8 Å². The maximum Gasteiger partial charge on any atom is 0.251 e. The fourth-order valence-corrected chi connectivity index (χ4v) is 2.49. The van der Waals surface area contributed by atoms with Crippen molar-refractivity contribution in [1.82, 2.24) is 15.6 Å². The minimum Gasteiger partial charge on any atom is -0.354 e. The number of aromatic nitrogens is 1. The van der Waals surface area contributed by atoms with Gasteiger partial charge in [0.2, 0.25) is 5.91 Å². The van der Waals surface area contributed by atoms with E-state index in [2.05, 4.69) is 15.6 Å². The second kappa shape index (κ2) is 7.91. The van der Waals surface area contributed by atoms with Gasteiger partial charge < -0.3 is 10.6 Å². The highest BCUT2D eigenvalue weighted by atomic mass is 35.5. The minimum absolute atomic E-state index is 0.224. The smallest absolute Gasteiger partial charge is 0.251 e. The maximum absolute atomic E-state index is 12.0. The number of thiazole rings is 1. The Balaban J connectivity index is 1.78. The fourth-order valence-electron chi connectivity index (χ4n) is 1.77. The zero-order valence-corrected chi connectivity index (χ0v) is 13.6. The van der Waals surface area contributed by atoms with Crippen LogP contribution in [0.25, 0.3) is 0 Å². The standard InChI is InChI=1S/C15H16ClN3O2S/c1-10(14(20)17-7-6-13-8-22-9-18-13)19-15(21)11-2-4-12(16)5-3-11/h2-5,8-10H,6-7H2,1H3,(H,17,20)(H,19,21). The predicted octanol–water partition coefficient (Wildman–Crippen LogP) is 2.27. The highest BCUT2D eigenvalue weighted by Gasteiger charge is 2.16. The van der Waals surface area contributed by atoms with Crippen LogP contribution < -0.4 is 10.6 Å². The summed E-state index contributed by atoms with van der Waals surface area (Å²) < 4.78 is 0. The van der Waals surface area contributed by atoms with Gasteiger partial charge >= 0.3 is 0 Å². The summed E-state index contributed by atoms with van der Waals surface area (Å²) in [5.41, 5.74) is 3.17. The number of rotatable bonds is 6. The first-order chi connectivity index (χ1) is 10.6. The largest absolute Gasteiger partial charge is 0.354 e. The molecule has 0 radical (unpaired) electrons. The lowest BCUT2D eigenvalue weighted by atomic mass is 10.2. The molecule has 1 atom stereocenters. The van der Waals surface area contributed by atoms with Crippen LogP contribution in [0.15, 0.2) is 35.2 Å². The maximum atomic E-state index is 12.0. The Morgan fingerprint density at radius 3 is 2.68 bits per heavy atom. The van der Waals surface area contributed by atoms with E-state index < -0.39 is 6.04 Å². The van der Waals surface area contributed by atoms with Gasteiger partial charge in [-0.1, -0.05) is 11.6 Å². The van der Waals surface area contributed by atoms with Crippen LogP contribution in [0.4, 0.5) is 0 Å². The molecule has 1 unspecified atom stereocenters. The van der Waals surface area contributed by atoms with Gasteiger partial charge in [-0.15, -0.1) is 11.3 Å². The van der Waals surface area contributed by atoms with Crippen molar-refractivity contribution in [2.24, 2.45) is 0 Å². The lowest BCUT2D eigenvalue weighted by Crippen LogP contribution is -2.45. The van der Waals surface area contributed by atoms with E-state index in [4.69, 9.17) is 11.6 Å². The molecular formula is C15H16ClN3O2S. The third kappa shape index (κ3) is 4.82. The van der Waals surface area contributed by atoms with Gasteiger partial charge in [-0.05, 0) is 31.2 Å². The number of benzene rings is 1. The Kier molecular flexibility index (Phi) is 5.91. The van der Waals surface area contributed by atoms with Gasteiger partial charge in [0.1, 0.15) is 6.04 Å². The molecule has 0 saturated heterocycles. The summed E-state index contributed by atoms with van der Waals surface area (Å²) in [4.78, 5) is 28.1. The topological polar surface area (TPSA) is 71.1 Å². The Labute approximate surface area is 137 Å². The molecule has 2 rings (SSSR count). The molecule has 0 aliphatic heterocycles. The van der Waals surface area contributed by atoms with Gasteiger partial charge in [0, 0.05) is 28.9 Å². The van der Waals surface area contributed by atoms with Crippen LogP contribution in [0.1, 0.15) is 23.0 Å². The third-order valence-corrected chi connectivity index (χ3v) is 3.90. The van der Waals surface area contributed by atoms with Gasteiger partial charge in [-0.25, -0.2) is 4.98 Å². The van der Waals surface area contributed by atoms with Gasteiger partial charge in [-0.3, -0.25) is 9.59 Å². The van der Waals surface area contributed by atoms with E-state index in [1.165, 1.54) is 11.3 Å². The molecular weight excluding hydrogens is 322 g/mol. The second-order valence-corrected chi connectivity index (χ2v) is 5.88. The van der Waals surface area contributed by atoms with Crippen molar-refractivity contribution in [3.05, 3.63) is 51.4 Å². The number of carbonyl (C=O) groups is 2. The van der Waals surface area contributed by atoms with Crippen LogP contribution in [0.5, 0.6) is 0 Å². The molecule has 1 aromatic heterocycles. The van der Waals surface area contributed by atoms with Crippen molar-refractivity contribution in [3.63, 3.8) is 0 Å². The van der Waals surface area contributed by atoms with Crippen molar-refractivity contribution < 1.29 is 9.59 Å². The quantitative estimate of drug-likeness (QED) is 0.849. The number of halogens is 1. The van der Waals surface area contributed by atoms with E-state index >= 15 is 0 Å². The Morgan fingerprint density at radius 1 is 1.32 bits per heavy atom. The Morgan fingerprint density at radius 2 is 2.05 bits per heavy atom. The zero-order chi connectivity index (χ0) is 15.9. The molecule has 1 heterocycles. The summed E-state index contributed by atoms with van der Waals surface area (Å²) in [6.07, 6.45) is 0.674. The molecule has 2 amide bonds. The molecule has 0 aliphatic rings. The summed E-state index contributed by atoms with van der Waals surface area (Å²) in [5.74, 6) is -0.531.